The lowest BCUT2D eigenvalue weighted by Crippen LogP contribution is -2.42. The lowest BCUT2D eigenvalue weighted by atomic mass is 9.85. The van der Waals surface area contributed by atoms with Crippen molar-refractivity contribution < 1.29 is 13.2 Å². The van der Waals surface area contributed by atoms with E-state index >= 15 is 0 Å². The summed E-state index contributed by atoms with van der Waals surface area (Å²) in [5.74, 6) is 0.225. The second-order valence-corrected chi connectivity index (χ2v) is 10.1. The van der Waals surface area contributed by atoms with Crippen LogP contribution < -0.4 is 5.32 Å². The highest BCUT2D eigenvalue weighted by atomic mass is 35.5. The smallest absolute Gasteiger partial charge is 0.252 e. The molecule has 0 bridgehead atoms. The Hall–Kier alpha value is -0.630. The van der Waals surface area contributed by atoms with Crippen LogP contribution in [0.1, 0.15) is 39.5 Å². The molecule has 2 heterocycles. The normalized spacial score (nSPS) is 18.5. The summed E-state index contributed by atoms with van der Waals surface area (Å²) >= 11 is 6.93. The number of hydrogen-bond donors (Lipinski definition) is 1. The van der Waals surface area contributed by atoms with Crippen molar-refractivity contribution in [2.24, 2.45) is 11.8 Å². The fourth-order valence-corrected chi connectivity index (χ4v) is 6.05. The summed E-state index contributed by atoms with van der Waals surface area (Å²) in [6.45, 7) is 5.65. The van der Waals surface area contributed by atoms with Crippen LogP contribution in [0.25, 0.3) is 0 Å². The van der Waals surface area contributed by atoms with Crippen LogP contribution in [0, 0.1) is 11.8 Å². The summed E-state index contributed by atoms with van der Waals surface area (Å²) in [7, 11) is -3.46. The molecule has 1 aromatic rings. The van der Waals surface area contributed by atoms with Gasteiger partial charge in [-0.1, -0.05) is 31.9 Å². The SMILES string of the molecule is CCCCNC(=O)C(C)C1CCN(S(=O)(=O)c2ccc(Cl)s2)CC1. The minimum Gasteiger partial charge on any atom is -0.356 e. The lowest BCUT2D eigenvalue weighted by Gasteiger charge is -2.33. The zero-order valence-electron chi connectivity index (χ0n) is 14.1. The zero-order valence-corrected chi connectivity index (χ0v) is 16.5. The van der Waals surface area contributed by atoms with Crippen LogP contribution in [0.4, 0.5) is 0 Å². The first-order valence-electron chi connectivity index (χ1n) is 8.39. The van der Waals surface area contributed by atoms with Gasteiger partial charge in [0.2, 0.25) is 5.91 Å². The van der Waals surface area contributed by atoms with Crippen molar-refractivity contribution in [1.29, 1.82) is 0 Å². The molecule has 0 aliphatic carbocycles. The van der Waals surface area contributed by atoms with Crippen LogP contribution in [0.5, 0.6) is 0 Å². The number of nitrogens with one attached hydrogen (secondary N) is 1. The number of carbonyl (C=O) groups excluding carboxylic acids is 1. The Morgan fingerprint density at radius 3 is 2.62 bits per heavy atom. The Labute approximate surface area is 153 Å². The highest BCUT2D eigenvalue weighted by molar-refractivity contribution is 7.91. The molecular weight excluding hydrogens is 368 g/mol. The molecule has 2 rings (SSSR count). The zero-order chi connectivity index (χ0) is 17.7. The monoisotopic (exact) mass is 392 g/mol. The van der Waals surface area contributed by atoms with Crippen molar-refractivity contribution in [3.05, 3.63) is 16.5 Å². The Bertz CT molecular complexity index is 652. The fraction of sp³-hybridized carbons (Fsp3) is 0.688. The quantitative estimate of drug-likeness (QED) is 0.723. The third-order valence-corrected chi connectivity index (χ3v) is 8.19. The summed E-state index contributed by atoms with van der Waals surface area (Å²) in [5, 5.41) is 2.97. The van der Waals surface area contributed by atoms with Gasteiger partial charge in [0.25, 0.3) is 10.0 Å². The number of sulfonamides is 1. The number of rotatable bonds is 7. The standard InChI is InChI=1S/C16H25ClN2O3S2/c1-3-4-9-18-16(20)12(2)13-7-10-19(11-8-13)24(21,22)15-6-5-14(17)23-15/h5-6,12-13H,3-4,7-11H2,1-2H3,(H,18,20). The van der Waals surface area contributed by atoms with E-state index in [-0.39, 0.29) is 22.0 Å². The van der Waals surface area contributed by atoms with Crippen LogP contribution in [0.3, 0.4) is 0 Å². The Balaban J connectivity index is 1.90. The van der Waals surface area contributed by atoms with Gasteiger partial charge >= 0.3 is 0 Å². The van der Waals surface area contributed by atoms with Gasteiger partial charge in [0.1, 0.15) is 4.21 Å². The van der Waals surface area contributed by atoms with Crippen LogP contribution in [0.2, 0.25) is 4.34 Å². The molecular formula is C16H25ClN2O3S2. The number of halogens is 1. The Morgan fingerprint density at radius 2 is 2.08 bits per heavy atom. The number of nitrogens with zero attached hydrogens (tertiary/aromatic N) is 1. The van der Waals surface area contributed by atoms with E-state index in [1.54, 1.807) is 12.1 Å². The molecule has 0 saturated carbocycles. The Morgan fingerprint density at radius 1 is 1.42 bits per heavy atom. The van der Waals surface area contributed by atoms with Gasteiger partial charge in [0.05, 0.1) is 4.34 Å². The first kappa shape index (κ1) is 19.7. The summed E-state index contributed by atoms with van der Waals surface area (Å²) in [5.41, 5.74) is 0. The van der Waals surface area contributed by atoms with Crippen molar-refractivity contribution >= 4 is 38.9 Å². The van der Waals surface area contributed by atoms with Crippen molar-refractivity contribution in [2.45, 2.75) is 43.7 Å². The highest BCUT2D eigenvalue weighted by Gasteiger charge is 2.33. The predicted molar refractivity (Wildman–Crippen MR) is 97.9 cm³/mol. The van der Waals surface area contributed by atoms with Crippen LogP contribution in [0.15, 0.2) is 16.3 Å². The highest BCUT2D eigenvalue weighted by Crippen LogP contribution is 2.32. The number of piperidine rings is 1. The molecule has 1 unspecified atom stereocenters. The maximum absolute atomic E-state index is 12.6. The third kappa shape index (κ3) is 4.71. The molecule has 5 nitrogen and oxygen atoms in total. The average Bonchev–Trinajstić information content (AvgIpc) is 3.01. The fourth-order valence-electron chi connectivity index (χ4n) is 2.94. The van der Waals surface area contributed by atoms with Crippen molar-refractivity contribution in [3.63, 3.8) is 0 Å². The maximum Gasteiger partial charge on any atom is 0.252 e. The second kappa shape index (κ2) is 8.65. The topological polar surface area (TPSA) is 66.5 Å². The molecule has 1 aliphatic heterocycles. The molecule has 1 saturated heterocycles. The van der Waals surface area contributed by atoms with Gasteiger partial charge in [0, 0.05) is 25.6 Å². The molecule has 136 valence electrons. The predicted octanol–water partition coefficient (Wildman–Crippen LogP) is 3.35. The number of carbonyl (C=O) groups is 1. The third-order valence-electron chi connectivity index (χ3n) is 4.59. The largest absolute Gasteiger partial charge is 0.356 e. The van der Waals surface area contributed by atoms with Gasteiger partial charge < -0.3 is 5.32 Å². The summed E-state index contributed by atoms with van der Waals surface area (Å²) in [6.07, 6.45) is 3.46. The van der Waals surface area contributed by atoms with E-state index < -0.39 is 10.0 Å². The first-order valence-corrected chi connectivity index (χ1v) is 11.0. The van der Waals surface area contributed by atoms with E-state index in [4.69, 9.17) is 11.6 Å². The lowest BCUT2D eigenvalue weighted by molar-refractivity contribution is -0.126. The molecule has 24 heavy (non-hydrogen) atoms. The van der Waals surface area contributed by atoms with E-state index in [2.05, 4.69) is 12.2 Å². The summed E-state index contributed by atoms with van der Waals surface area (Å²) in [6, 6.07) is 3.16. The molecule has 0 radical (unpaired) electrons. The first-order chi connectivity index (χ1) is 11.4. The van der Waals surface area contributed by atoms with Gasteiger partial charge in [-0.2, -0.15) is 4.31 Å². The Kier molecular flexibility index (Phi) is 7.10. The van der Waals surface area contributed by atoms with Gasteiger partial charge in [-0.25, -0.2) is 8.42 Å². The maximum atomic E-state index is 12.6. The van der Waals surface area contributed by atoms with Crippen molar-refractivity contribution in [1.82, 2.24) is 9.62 Å². The molecule has 1 fully saturated rings. The number of amides is 1. The second-order valence-electron chi connectivity index (χ2n) is 6.23. The molecule has 0 aromatic carbocycles. The van der Waals surface area contributed by atoms with Gasteiger partial charge in [0.15, 0.2) is 0 Å². The van der Waals surface area contributed by atoms with Crippen molar-refractivity contribution in [2.75, 3.05) is 19.6 Å². The number of thiophene rings is 1. The van der Waals surface area contributed by atoms with Crippen LogP contribution in [-0.2, 0) is 14.8 Å². The number of unbranched alkanes of at least 4 members (excludes halogenated alkanes) is 1. The van der Waals surface area contributed by atoms with Crippen molar-refractivity contribution in [3.8, 4) is 0 Å². The van der Waals surface area contributed by atoms with Gasteiger partial charge in [-0.3, -0.25) is 4.79 Å². The van der Waals surface area contributed by atoms with Crippen LogP contribution in [-0.4, -0.2) is 38.3 Å². The minimum absolute atomic E-state index is 0.0785. The molecule has 1 atom stereocenters. The van der Waals surface area contributed by atoms with E-state index in [9.17, 15) is 13.2 Å². The molecule has 1 aromatic heterocycles. The van der Waals surface area contributed by atoms with E-state index in [1.807, 2.05) is 6.92 Å². The molecule has 1 aliphatic rings. The average molecular weight is 393 g/mol. The van der Waals surface area contributed by atoms with E-state index in [0.717, 1.165) is 24.2 Å². The molecule has 0 spiro atoms. The molecule has 8 heteroatoms. The van der Waals surface area contributed by atoms with Gasteiger partial charge in [-0.05, 0) is 37.3 Å². The van der Waals surface area contributed by atoms with E-state index in [0.29, 0.717) is 36.8 Å². The molecule has 1 N–H and O–H groups in total. The number of hydrogen-bond acceptors (Lipinski definition) is 4. The van der Waals surface area contributed by atoms with Gasteiger partial charge in [-0.15, -0.1) is 11.3 Å². The minimum atomic E-state index is -3.46. The molecule has 1 amide bonds. The summed E-state index contributed by atoms with van der Waals surface area (Å²) in [4.78, 5) is 12.2. The summed E-state index contributed by atoms with van der Waals surface area (Å²) < 4.78 is 27.4. The van der Waals surface area contributed by atoms with E-state index in [1.165, 1.54) is 4.31 Å². The van der Waals surface area contributed by atoms with Crippen LogP contribution >= 0.6 is 22.9 Å².